The van der Waals surface area contributed by atoms with Crippen molar-refractivity contribution in [1.29, 1.82) is 0 Å². The maximum atomic E-state index is 11.5. The summed E-state index contributed by atoms with van der Waals surface area (Å²) in [6.07, 6.45) is 3.61. The summed E-state index contributed by atoms with van der Waals surface area (Å²) in [5, 5.41) is 9.65. The Morgan fingerprint density at radius 3 is 3.06 bits per heavy atom. The number of H-pyrrole nitrogens is 1. The second-order valence-corrected chi connectivity index (χ2v) is 4.40. The first-order valence-corrected chi connectivity index (χ1v) is 6.57. The molecule has 0 unspecified atom stereocenters. The van der Waals surface area contributed by atoms with E-state index in [2.05, 4.69) is 15.5 Å². The number of benzene rings is 1. The molecule has 0 aliphatic carbocycles. The standard InChI is InChI=1S/C12H13N3OS/c1-17-8-12(16)14-10-4-2-3-9(7-10)11-5-6-13-15-11/h2-7H,8H2,1H3,(H,13,15)(H,14,16). The van der Waals surface area contributed by atoms with Crippen molar-refractivity contribution in [2.75, 3.05) is 17.3 Å². The van der Waals surface area contributed by atoms with Gasteiger partial charge < -0.3 is 5.32 Å². The number of hydrogen-bond donors (Lipinski definition) is 2. The number of amides is 1. The monoisotopic (exact) mass is 247 g/mol. The molecule has 1 aromatic heterocycles. The predicted molar refractivity (Wildman–Crippen MR) is 71.0 cm³/mol. The first kappa shape index (κ1) is 11.7. The fourth-order valence-corrected chi connectivity index (χ4v) is 1.84. The van der Waals surface area contributed by atoms with Crippen LogP contribution in [0.25, 0.3) is 11.3 Å². The SMILES string of the molecule is CSCC(=O)Nc1cccc(-c2ccn[nH]2)c1. The van der Waals surface area contributed by atoms with E-state index in [-0.39, 0.29) is 5.91 Å². The lowest BCUT2D eigenvalue weighted by Gasteiger charge is -2.05. The number of hydrogen-bond acceptors (Lipinski definition) is 3. The minimum atomic E-state index is 0.0132. The van der Waals surface area contributed by atoms with Gasteiger partial charge in [-0.05, 0) is 24.5 Å². The van der Waals surface area contributed by atoms with E-state index >= 15 is 0 Å². The minimum absolute atomic E-state index is 0.0132. The van der Waals surface area contributed by atoms with E-state index in [0.717, 1.165) is 16.9 Å². The Balaban J connectivity index is 2.15. The molecule has 4 nitrogen and oxygen atoms in total. The van der Waals surface area contributed by atoms with Crippen LogP contribution in [0.2, 0.25) is 0 Å². The zero-order chi connectivity index (χ0) is 12.1. The van der Waals surface area contributed by atoms with Gasteiger partial charge in [0.25, 0.3) is 0 Å². The van der Waals surface area contributed by atoms with Crippen LogP contribution in [0.1, 0.15) is 0 Å². The highest BCUT2D eigenvalue weighted by molar-refractivity contribution is 7.99. The number of carbonyl (C=O) groups is 1. The van der Waals surface area contributed by atoms with Crippen molar-refractivity contribution in [1.82, 2.24) is 10.2 Å². The molecule has 88 valence electrons. The van der Waals surface area contributed by atoms with Crippen LogP contribution in [-0.2, 0) is 4.79 Å². The van der Waals surface area contributed by atoms with Crippen LogP contribution in [0.3, 0.4) is 0 Å². The van der Waals surface area contributed by atoms with Gasteiger partial charge in [0, 0.05) is 17.4 Å². The van der Waals surface area contributed by atoms with E-state index in [0.29, 0.717) is 5.75 Å². The molecular weight excluding hydrogens is 234 g/mol. The Morgan fingerprint density at radius 2 is 2.35 bits per heavy atom. The normalized spacial score (nSPS) is 10.2. The van der Waals surface area contributed by atoms with Crippen molar-refractivity contribution >= 4 is 23.4 Å². The summed E-state index contributed by atoms with van der Waals surface area (Å²) in [5.41, 5.74) is 2.74. The third kappa shape index (κ3) is 3.10. The maximum Gasteiger partial charge on any atom is 0.234 e. The zero-order valence-electron chi connectivity index (χ0n) is 9.43. The van der Waals surface area contributed by atoms with Gasteiger partial charge in [-0.1, -0.05) is 12.1 Å². The lowest BCUT2D eigenvalue weighted by molar-refractivity contribution is -0.113. The molecule has 2 N–H and O–H groups in total. The van der Waals surface area contributed by atoms with Crippen LogP contribution >= 0.6 is 11.8 Å². The molecule has 0 saturated heterocycles. The third-order valence-corrected chi connectivity index (χ3v) is 2.78. The van der Waals surface area contributed by atoms with Crippen LogP contribution in [0.4, 0.5) is 5.69 Å². The molecule has 0 spiro atoms. The Bertz CT molecular complexity index is 496. The molecule has 0 radical (unpaired) electrons. The highest BCUT2D eigenvalue weighted by Crippen LogP contribution is 2.20. The average Bonchev–Trinajstić information content (AvgIpc) is 2.83. The molecule has 17 heavy (non-hydrogen) atoms. The summed E-state index contributed by atoms with van der Waals surface area (Å²) in [6.45, 7) is 0. The van der Waals surface area contributed by atoms with E-state index in [1.807, 2.05) is 36.6 Å². The number of aromatic nitrogens is 2. The molecule has 0 saturated carbocycles. The first-order chi connectivity index (χ1) is 8.29. The Kier molecular flexibility index (Phi) is 3.82. The molecule has 1 amide bonds. The number of nitrogens with zero attached hydrogens (tertiary/aromatic N) is 1. The van der Waals surface area contributed by atoms with Gasteiger partial charge in [-0.25, -0.2) is 0 Å². The molecule has 0 bridgehead atoms. The molecule has 5 heteroatoms. The summed E-state index contributed by atoms with van der Waals surface area (Å²) < 4.78 is 0. The number of thioether (sulfide) groups is 1. The molecule has 0 atom stereocenters. The number of nitrogens with one attached hydrogen (secondary N) is 2. The van der Waals surface area contributed by atoms with E-state index in [1.165, 1.54) is 11.8 Å². The summed E-state index contributed by atoms with van der Waals surface area (Å²) >= 11 is 1.50. The smallest absolute Gasteiger partial charge is 0.234 e. The molecule has 1 heterocycles. The van der Waals surface area contributed by atoms with E-state index < -0.39 is 0 Å². The van der Waals surface area contributed by atoms with Gasteiger partial charge in [0.2, 0.25) is 5.91 Å². The van der Waals surface area contributed by atoms with Crippen molar-refractivity contribution in [3.05, 3.63) is 36.5 Å². The minimum Gasteiger partial charge on any atom is -0.325 e. The van der Waals surface area contributed by atoms with Gasteiger partial charge in [-0.2, -0.15) is 16.9 Å². The zero-order valence-corrected chi connectivity index (χ0v) is 10.3. The summed E-state index contributed by atoms with van der Waals surface area (Å²) in [4.78, 5) is 11.5. The topological polar surface area (TPSA) is 57.8 Å². The molecule has 2 aromatic rings. The van der Waals surface area contributed by atoms with Crippen LogP contribution in [0.5, 0.6) is 0 Å². The first-order valence-electron chi connectivity index (χ1n) is 5.18. The fraction of sp³-hybridized carbons (Fsp3) is 0.167. The van der Waals surface area contributed by atoms with Crippen molar-refractivity contribution in [3.8, 4) is 11.3 Å². The second kappa shape index (κ2) is 5.54. The van der Waals surface area contributed by atoms with Crippen LogP contribution in [0.15, 0.2) is 36.5 Å². The molecule has 0 aliphatic heterocycles. The van der Waals surface area contributed by atoms with E-state index in [4.69, 9.17) is 0 Å². The van der Waals surface area contributed by atoms with Gasteiger partial charge in [0.15, 0.2) is 0 Å². The lowest BCUT2D eigenvalue weighted by atomic mass is 10.1. The van der Waals surface area contributed by atoms with E-state index in [1.54, 1.807) is 6.20 Å². The Hall–Kier alpha value is -1.75. The quantitative estimate of drug-likeness (QED) is 0.872. The molecule has 0 aliphatic rings. The highest BCUT2D eigenvalue weighted by atomic mass is 32.2. The number of carbonyl (C=O) groups excluding carboxylic acids is 1. The van der Waals surface area contributed by atoms with Crippen molar-refractivity contribution in [2.24, 2.45) is 0 Å². The van der Waals surface area contributed by atoms with Gasteiger partial charge in [0.1, 0.15) is 0 Å². The average molecular weight is 247 g/mol. The molecule has 1 aromatic carbocycles. The Labute approximate surface area is 104 Å². The molecule has 0 fully saturated rings. The lowest BCUT2D eigenvalue weighted by Crippen LogP contribution is -2.13. The van der Waals surface area contributed by atoms with Crippen LogP contribution in [0, 0.1) is 0 Å². The third-order valence-electron chi connectivity index (χ3n) is 2.23. The second-order valence-electron chi connectivity index (χ2n) is 3.53. The molecular formula is C12H13N3OS. The van der Waals surface area contributed by atoms with Crippen molar-refractivity contribution < 1.29 is 4.79 Å². The number of rotatable bonds is 4. The number of anilines is 1. The van der Waals surface area contributed by atoms with Gasteiger partial charge in [0.05, 0.1) is 11.4 Å². The van der Waals surface area contributed by atoms with Crippen molar-refractivity contribution in [2.45, 2.75) is 0 Å². The summed E-state index contributed by atoms with van der Waals surface area (Å²) in [7, 11) is 0. The van der Waals surface area contributed by atoms with Gasteiger partial charge in [-0.3, -0.25) is 9.89 Å². The summed E-state index contributed by atoms with van der Waals surface area (Å²) in [5.74, 6) is 0.480. The predicted octanol–water partition coefficient (Wildman–Crippen LogP) is 2.38. The summed E-state index contributed by atoms with van der Waals surface area (Å²) in [6, 6.07) is 9.56. The van der Waals surface area contributed by atoms with Crippen LogP contribution < -0.4 is 5.32 Å². The number of aromatic amines is 1. The molecule has 2 rings (SSSR count). The van der Waals surface area contributed by atoms with E-state index in [9.17, 15) is 4.79 Å². The largest absolute Gasteiger partial charge is 0.325 e. The maximum absolute atomic E-state index is 11.5. The highest BCUT2D eigenvalue weighted by Gasteiger charge is 2.03. The fourth-order valence-electron chi connectivity index (χ4n) is 1.51. The van der Waals surface area contributed by atoms with Gasteiger partial charge >= 0.3 is 0 Å². The van der Waals surface area contributed by atoms with Crippen LogP contribution in [-0.4, -0.2) is 28.1 Å². The Morgan fingerprint density at radius 1 is 1.47 bits per heavy atom. The van der Waals surface area contributed by atoms with Gasteiger partial charge in [-0.15, -0.1) is 0 Å². The van der Waals surface area contributed by atoms with Crippen molar-refractivity contribution in [3.63, 3.8) is 0 Å².